The van der Waals surface area contributed by atoms with Gasteiger partial charge in [-0.15, -0.1) is 0 Å². The van der Waals surface area contributed by atoms with Gasteiger partial charge in [-0.2, -0.15) is 0 Å². The maximum atomic E-state index is 3.01. The number of allylic oxidation sites excluding steroid dienone is 2. The van der Waals surface area contributed by atoms with Crippen LogP contribution in [0.2, 0.25) is 0 Å². The topological polar surface area (TPSA) is 12.0 Å². The zero-order valence-corrected chi connectivity index (χ0v) is 6.64. The van der Waals surface area contributed by atoms with Gasteiger partial charge >= 0.3 is 0 Å². The van der Waals surface area contributed by atoms with Crippen molar-refractivity contribution in [2.75, 3.05) is 0 Å². The van der Waals surface area contributed by atoms with Crippen molar-refractivity contribution >= 4 is 0 Å². The van der Waals surface area contributed by atoms with Gasteiger partial charge in [0.15, 0.2) is 0 Å². The van der Waals surface area contributed by atoms with Gasteiger partial charge in [0.05, 0.1) is 0 Å². The third-order valence-electron chi connectivity index (χ3n) is 2.51. The Morgan fingerprint density at radius 3 is 2.82 bits per heavy atom. The second kappa shape index (κ2) is 3.12. The van der Waals surface area contributed by atoms with Crippen LogP contribution in [0.1, 0.15) is 25.7 Å². The summed E-state index contributed by atoms with van der Waals surface area (Å²) in [6.45, 7) is 3.01. The predicted molar refractivity (Wildman–Crippen MR) is 45.6 cm³/mol. The average molecular weight is 147 g/mol. The Hall–Kier alpha value is -0.720. The molecule has 1 aliphatic carbocycles. The Bertz CT molecular complexity index is 185. The lowest BCUT2D eigenvalue weighted by Gasteiger charge is -2.13. The molecule has 1 nitrogen and oxygen atoms in total. The molecule has 0 aromatic carbocycles. The molecule has 0 aromatic rings. The first-order valence-electron chi connectivity index (χ1n) is 4.34. The quantitative estimate of drug-likeness (QED) is 0.600. The van der Waals surface area contributed by atoms with E-state index in [2.05, 4.69) is 24.0 Å². The van der Waals surface area contributed by atoms with E-state index in [0.717, 1.165) is 5.92 Å². The SMILES string of the molecule is [C]1C=C(C2CCCC2)C=CN1. The molecule has 1 N–H and O–H groups in total. The Labute approximate surface area is 68.2 Å². The van der Waals surface area contributed by atoms with Crippen molar-refractivity contribution in [1.82, 2.24) is 5.32 Å². The summed E-state index contributed by atoms with van der Waals surface area (Å²) in [5.41, 5.74) is 1.46. The van der Waals surface area contributed by atoms with Crippen LogP contribution in [-0.4, -0.2) is 0 Å². The lowest BCUT2D eigenvalue weighted by Crippen LogP contribution is -2.07. The standard InChI is InChI=1S/C10H13N/c1-2-4-9(3-1)10-5-7-11-8-6-10/h5-7,9,11H,1-4H2. The minimum absolute atomic E-state index is 0.820. The van der Waals surface area contributed by atoms with E-state index in [1.54, 1.807) is 0 Å². The van der Waals surface area contributed by atoms with Gasteiger partial charge in [-0.05, 0) is 36.6 Å². The number of hydrogen-bond acceptors (Lipinski definition) is 1. The molecule has 0 bridgehead atoms. The third-order valence-corrected chi connectivity index (χ3v) is 2.51. The van der Waals surface area contributed by atoms with E-state index in [9.17, 15) is 0 Å². The zero-order chi connectivity index (χ0) is 7.52. The Balaban J connectivity index is 2.02. The maximum absolute atomic E-state index is 3.01. The van der Waals surface area contributed by atoms with Crippen LogP contribution in [0, 0.1) is 12.5 Å². The molecule has 2 radical (unpaired) electrons. The highest BCUT2D eigenvalue weighted by molar-refractivity contribution is 5.28. The monoisotopic (exact) mass is 147 g/mol. The Kier molecular flexibility index (Phi) is 1.97. The van der Waals surface area contributed by atoms with Crippen molar-refractivity contribution in [1.29, 1.82) is 0 Å². The molecule has 2 aliphatic rings. The van der Waals surface area contributed by atoms with Crippen molar-refractivity contribution in [2.24, 2.45) is 5.92 Å². The predicted octanol–water partition coefficient (Wildman–Crippen LogP) is 2.26. The molecule has 58 valence electrons. The van der Waals surface area contributed by atoms with Crippen LogP contribution in [0.5, 0.6) is 0 Å². The fourth-order valence-electron chi connectivity index (χ4n) is 1.87. The van der Waals surface area contributed by atoms with Gasteiger partial charge in [0.1, 0.15) is 6.54 Å². The summed E-state index contributed by atoms with van der Waals surface area (Å²) in [5.74, 6) is 0.820. The smallest absolute Gasteiger partial charge is 0.115 e. The molecule has 2 rings (SSSR count). The third kappa shape index (κ3) is 1.47. The molecule has 0 saturated heterocycles. The van der Waals surface area contributed by atoms with E-state index in [1.807, 2.05) is 6.20 Å². The lowest BCUT2D eigenvalue weighted by atomic mass is 9.96. The molecule has 1 saturated carbocycles. The molecule has 0 aromatic heterocycles. The number of dihydropyridines is 1. The molecule has 0 spiro atoms. The number of nitrogens with one attached hydrogen (secondary N) is 1. The summed E-state index contributed by atoms with van der Waals surface area (Å²) in [6.07, 6.45) is 11.8. The molecule has 1 fully saturated rings. The summed E-state index contributed by atoms with van der Waals surface area (Å²) in [5, 5.41) is 2.93. The van der Waals surface area contributed by atoms with Gasteiger partial charge in [-0.3, -0.25) is 0 Å². The highest BCUT2D eigenvalue weighted by Crippen LogP contribution is 2.32. The minimum Gasteiger partial charge on any atom is -0.377 e. The van der Waals surface area contributed by atoms with Crippen LogP contribution in [0.15, 0.2) is 23.9 Å². The van der Waals surface area contributed by atoms with E-state index < -0.39 is 0 Å². The van der Waals surface area contributed by atoms with Crippen molar-refractivity contribution in [3.63, 3.8) is 0 Å². The van der Waals surface area contributed by atoms with Gasteiger partial charge in [0, 0.05) is 0 Å². The molecule has 11 heavy (non-hydrogen) atoms. The first-order valence-corrected chi connectivity index (χ1v) is 4.34. The fraction of sp³-hybridized carbons (Fsp3) is 0.500. The highest BCUT2D eigenvalue weighted by atomic mass is 14.8. The Morgan fingerprint density at radius 1 is 1.36 bits per heavy atom. The molecule has 0 unspecified atom stereocenters. The molecule has 1 aliphatic heterocycles. The van der Waals surface area contributed by atoms with Gasteiger partial charge in [0.25, 0.3) is 0 Å². The van der Waals surface area contributed by atoms with Crippen LogP contribution < -0.4 is 5.32 Å². The van der Waals surface area contributed by atoms with Gasteiger partial charge < -0.3 is 5.32 Å². The van der Waals surface area contributed by atoms with Gasteiger partial charge in [0.2, 0.25) is 0 Å². The maximum Gasteiger partial charge on any atom is 0.115 e. The van der Waals surface area contributed by atoms with Gasteiger partial charge in [-0.25, -0.2) is 0 Å². The molecule has 1 heteroatoms. The zero-order valence-electron chi connectivity index (χ0n) is 6.64. The summed E-state index contributed by atoms with van der Waals surface area (Å²) in [7, 11) is 0. The molecular weight excluding hydrogens is 134 g/mol. The Morgan fingerprint density at radius 2 is 2.18 bits per heavy atom. The first-order chi connectivity index (χ1) is 5.47. The van der Waals surface area contributed by atoms with Crippen molar-refractivity contribution < 1.29 is 0 Å². The minimum atomic E-state index is 0.820. The lowest BCUT2D eigenvalue weighted by molar-refractivity contribution is 0.653. The van der Waals surface area contributed by atoms with Crippen LogP contribution in [0.25, 0.3) is 0 Å². The second-order valence-electron chi connectivity index (χ2n) is 3.25. The van der Waals surface area contributed by atoms with Gasteiger partial charge in [-0.1, -0.05) is 18.9 Å². The van der Waals surface area contributed by atoms with Crippen molar-refractivity contribution in [2.45, 2.75) is 25.7 Å². The van der Waals surface area contributed by atoms with E-state index in [1.165, 1.54) is 31.3 Å². The summed E-state index contributed by atoms with van der Waals surface area (Å²) < 4.78 is 0. The van der Waals surface area contributed by atoms with E-state index in [-0.39, 0.29) is 0 Å². The normalized spacial score (nSPS) is 24.9. The summed E-state index contributed by atoms with van der Waals surface area (Å²) in [4.78, 5) is 0. The van der Waals surface area contributed by atoms with Crippen LogP contribution >= 0.6 is 0 Å². The molecule has 0 amide bonds. The molecule has 0 atom stereocenters. The summed E-state index contributed by atoms with van der Waals surface area (Å²) in [6, 6.07) is 0. The van der Waals surface area contributed by atoms with E-state index in [4.69, 9.17) is 0 Å². The fourth-order valence-corrected chi connectivity index (χ4v) is 1.87. The highest BCUT2D eigenvalue weighted by Gasteiger charge is 2.17. The van der Waals surface area contributed by atoms with Crippen LogP contribution in [0.4, 0.5) is 0 Å². The molecule has 1 heterocycles. The number of rotatable bonds is 1. The summed E-state index contributed by atoms with van der Waals surface area (Å²) >= 11 is 0. The van der Waals surface area contributed by atoms with E-state index >= 15 is 0 Å². The van der Waals surface area contributed by atoms with E-state index in [0.29, 0.717) is 0 Å². The molecular formula is C10H13N. The largest absolute Gasteiger partial charge is 0.377 e. The first kappa shape index (κ1) is 6.96. The van der Waals surface area contributed by atoms with Crippen LogP contribution in [-0.2, 0) is 0 Å². The van der Waals surface area contributed by atoms with Crippen LogP contribution in [0.3, 0.4) is 0 Å². The number of hydrogen-bond donors (Lipinski definition) is 1. The van der Waals surface area contributed by atoms with Crippen molar-refractivity contribution in [3.05, 3.63) is 30.5 Å². The average Bonchev–Trinajstić information content (AvgIpc) is 2.58. The second-order valence-corrected chi connectivity index (χ2v) is 3.25. The van der Waals surface area contributed by atoms with Crippen molar-refractivity contribution in [3.8, 4) is 0 Å².